The zero-order chi connectivity index (χ0) is 16.7. The van der Waals surface area contributed by atoms with Crippen LogP contribution in [0.1, 0.15) is 30.5 Å². The maximum atomic E-state index is 12.1. The molecule has 2 aromatic carbocycles. The van der Waals surface area contributed by atoms with Crippen LogP contribution >= 0.6 is 0 Å². The molecule has 0 fully saturated rings. The fraction of sp³-hybridized carbons (Fsp3) is 0.350. The van der Waals surface area contributed by atoms with Crippen molar-refractivity contribution in [1.82, 2.24) is 4.90 Å². The van der Waals surface area contributed by atoms with Crippen molar-refractivity contribution in [3.63, 3.8) is 0 Å². The van der Waals surface area contributed by atoms with Crippen molar-refractivity contribution in [2.24, 2.45) is 0 Å². The Labute approximate surface area is 139 Å². The lowest BCUT2D eigenvalue weighted by Gasteiger charge is -2.18. The molecule has 2 rings (SSSR count). The quantitative estimate of drug-likeness (QED) is 0.838. The number of amides is 1. The number of carbonyl (C=O) groups is 1. The molecule has 0 aliphatic heterocycles. The van der Waals surface area contributed by atoms with E-state index >= 15 is 0 Å². The van der Waals surface area contributed by atoms with Crippen molar-refractivity contribution in [3.05, 3.63) is 65.2 Å². The van der Waals surface area contributed by atoms with E-state index in [0.717, 1.165) is 30.9 Å². The van der Waals surface area contributed by atoms with Crippen LogP contribution in [-0.4, -0.2) is 23.9 Å². The van der Waals surface area contributed by atoms with Crippen LogP contribution in [0.4, 0.5) is 5.69 Å². The fourth-order valence-electron chi connectivity index (χ4n) is 2.50. The third-order valence-corrected chi connectivity index (χ3v) is 4.02. The smallest absolute Gasteiger partial charge is 0.228 e. The molecule has 122 valence electrons. The van der Waals surface area contributed by atoms with Gasteiger partial charge in [0.15, 0.2) is 0 Å². The normalized spacial score (nSPS) is 10.8. The van der Waals surface area contributed by atoms with Crippen molar-refractivity contribution in [2.75, 3.05) is 18.4 Å². The SMILES string of the molecule is CCN(CC)Cc1ccc(NC(=O)Cc2ccc(C)cc2)cc1. The molecule has 0 aliphatic rings. The number of carbonyl (C=O) groups excluding carboxylic acids is 1. The molecule has 0 bridgehead atoms. The molecular formula is C20H26N2O. The summed E-state index contributed by atoms with van der Waals surface area (Å²) >= 11 is 0. The van der Waals surface area contributed by atoms with Crippen molar-refractivity contribution >= 4 is 11.6 Å². The van der Waals surface area contributed by atoms with E-state index in [0.29, 0.717) is 6.42 Å². The van der Waals surface area contributed by atoms with Gasteiger partial charge in [-0.1, -0.05) is 55.8 Å². The Bertz CT molecular complexity index is 613. The van der Waals surface area contributed by atoms with E-state index < -0.39 is 0 Å². The maximum absolute atomic E-state index is 12.1. The number of rotatable bonds is 7. The molecule has 0 heterocycles. The van der Waals surface area contributed by atoms with Crippen molar-refractivity contribution in [1.29, 1.82) is 0 Å². The van der Waals surface area contributed by atoms with Crippen LogP contribution in [0.2, 0.25) is 0 Å². The van der Waals surface area contributed by atoms with Gasteiger partial charge in [-0.3, -0.25) is 9.69 Å². The summed E-state index contributed by atoms with van der Waals surface area (Å²) in [5.74, 6) is 0.0188. The molecule has 0 spiro atoms. The van der Waals surface area contributed by atoms with E-state index in [4.69, 9.17) is 0 Å². The van der Waals surface area contributed by atoms with Gasteiger partial charge in [-0.05, 0) is 43.3 Å². The Hall–Kier alpha value is -2.13. The number of hydrogen-bond acceptors (Lipinski definition) is 2. The van der Waals surface area contributed by atoms with Gasteiger partial charge in [-0.15, -0.1) is 0 Å². The topological polar surface area (TPSA) is 32.3 Å². The Morgan fingerprint density at radius 3 is 2.04 bits per heavy atom. The molecule has 3 nitrogen and oxygen atoms in total. The summed E-state index contributed by atoms with van der Waals surface area (Å²) in [6, 6.07) is 16.2. The second-order valence-corrected chi connectivity index (χ2v) is 5.87. The molecule has 0 aromatic heterocycles. The van der Waals surface area contributed by atoms with E-state index in [9.17, 15) is 4.79 Å². The summed E-state index contributed by atoms with van der Waals surface area (Å²) in [7, 11) is 0. The van der Waals surface area contributed by atoms with E-state index in [1.54, 1.807) is 0 Å². The molecule has 0 aliphatic carbocycles. The first-order chi connectivity index (χ1) is 11.1. The Morgan fingerprint density at radius 1 is 0.913 bits per heavy atom. The molecule has 0 radical (unpaired) electrons. The van der Waals surface area contributed by atoms with Crippen LogP contribution in [0.25, 0.3) is 0 Å². The molecule has 2 aromatic rings. The van der Waals surface area contributed by atoms with Gasteiger partial charge < -0.3 is 5.32 Å². The molecule has 1 N–H and O–H groups in total. The van der Waals surface area contributed by atoms with Crippen LogP contribution in [0.3, 0.4) is 0 Å². The Balaban J connectivity index is 1.89. The summed E-state index contributed by atoms with van der Waals surface area (Å²) in [5, 5.41) is 2.96. The van der Waals surface area contributed by atoms with Crippen LogP contribution in [-0.2, 0) is 17.8 Å². The summed E-state index contributed by atoms with van der Waals surface area (Å²) < 4.78 is 0. The zero-order valence-electron chi connectivity index (χ0n) is 14.3. The Morgan fingerprint density at radius 2 is 1.48 bits per heavy atom. The predicted molar refractivity (Wildman–Crippen MR) is 96.6 cm³/mol. The molecule has 1 amide bonds. The van der Waals surface area contributed by atoms with Gasteiger partial charge in [-0.25, -0.2) is 0 Å². The maximum Gasteiger partial charge on any atom is 0.228 e. The number of benzene rings is 2. The van der Waals surface area contributed by atoms with Crippen molar-refractivity contribution in [3.8, 4) is 0 Å². The lowest BCUT2D eigenvalue weighted by Crippen LogP contribution is -2.22. The standard InChI is InChI=1S/C20H26N2O/c1-4-22(5-2)15-18-10-12-19(13-11-18)21-20(23)14-17-8-6-16(3)7-9-17/h6-13H,4-5,14-15H2,1-3H3,(H,21,23). The number of anilines is 1. The minimum absolute atomic E-state index is 0.0188. The average Bonchev–Trinajstić information content (AvgIpc) is 2.56. The second-order valence-electron chi connectivity index (χ2n) is 5.87. The average molecular weight is 310 g/mol. The largest absolute Gasteiger partial charge is 0.326 e. The monoisotopic (exact) mass is 310 g/mol. The minimum Gasteiger partial charge on any atom is -0.326 e. The molecule has 3 heteroatoms. The van der Waals surface area contributed by atoms with Gasteiger partial charge in [0.25, 0.3) is 0 Å². The molecule has 0 atom stereocenters. The van der Waals surface area contributed by atoms with Gasteiger partial charge in [-0.2, -0.15) is 0 Å². The van der Waals surface area contributed by atoms with Gasteiger partial charge in [0.2, 0.25) is 5.91 Å². The van der Waals surface area contributed by atoms with Gasteiger partial charge in [0, 0.05) is 12.2 Å². The summed E-state index contributed by atoms with van der Waals surface area (Å²) in [6.45, 7) is 9.43. The highest BCUT2D eigenvalue weighted by Crippen LogP contribution is 2.12. The van der Waals surface area contributed by atoms with Crippen molar-refractivity contribution in [2.45, 2.75) is 33.7 Å². The third kappa shape index (κ3) is 5.53. The highest BCUT2D eigenvalue weighted by molar-refractivity contribution is 5.92. The first-order valence-electron chi connectivity index (χ1n) is 8.27. The fourth-order valence-corrected chi connectivity index (χ4v) is 2.50. The zero-order valence-corrected chi connectivity index (χ0v) is 14.3. The highest BCUT2D eigenvalue weighted by Gasteiger charge is 2.05. The Kier molecular flexibility index (Phi) is 6.36. The van der Waals surface area contributed by atoms with E-state index in [-0.39, 0.29) is 5.91 Å². The van der Waals surface area contributed by atoms with E-state index in [2.05, 4.69) is 36.2 Å². The molecule has 23 heavy (non-hydrogen) atoms. The van der Waals surface area contributed by atoms with Crippen LogP contribution < -0.4 is 5.32 Å². The molecule has 0 saturated carbocycles. The first kappa shape index (κ1) is 17.2. The highest BCUT2D eigenvalue weighted by atomic mass is 16.1. The van der Waals surface area contributed by atoms with Crippen LogP contribution in [0, 0.1) is 6.92 Å². The van der Waals surface area contributed by atoms with Gasteiger partial charge >= 0.3 is 0 Å². The van der Waals surface area contributed by atoms with E-state index in [1.807, 2.05) is 43.3 Å². The number of hydrogen-bond donors (Lipinski definition) is 1. The van der Waals surface area contributed by atoms with Gasteiger partial charge in [0.05, 0.1) is 6.42 Å². The molecular weight excluding hydrogens is 284 g/mol. The number of aryl methyl sites for hydroxylation is 1. The molecule has 0 unspecified atom stereocenters. The first-order valence-corrected chi connectivity index (χ1v) is 8.27. The predicted octanol–water partition coefficient (Wildman–Crippen LogP) is 4.02. The summed E-state index contributed by atoms with van der Waals surface area (Å²) in [6.07, 6.45) is 0.404. The summed E-state index contributed by atoms with van der Waals surface area (Å²) in [5.41, 5.74) is 4.36. The van der Waals surface area contributed by atoms with Crippen LogP contribution in [0.15, 0.2) is 48.5 Å². The summed E-state index contributed by atoms with van der Waals surface area (Å²) in [4.78, 5) is 14.5. The van der Waals surface area contributed by atoms with Crippen LogP contribution in [0.5, 0.6) is 0 Å². The number of nitrogens with one attached hydrogen (secondary N) is 1. The number of nitrogens with zero attached hydrogens (tertiary/aromatic N) is 1. The molecule has 0 saturated heterocycles. The van der Waals surface area contributed by atoms with Gasteiger partial charge in [0.1, 0.15) is 0 Å². The second kappa shape index (κ2) is 8.49. The third-order valence-electron chi connectivity index (χ3n) is 4.02. The van der Waals surface area contributed by atoms with E-state index in [1.165, 1.54) is 11.1 Å². The minimum atomic E-state index is 0.0188. The van der Waals surface area contributed by atoms with Crippen molar-refractivity contribution < 1.29 is 4.79 Å². The lowest BCUT2D eigenvalue weighted by molar-refractivity contribution is -0.115. The lowest BCUT2D eigenvalue weighted by atomic mass is 10.1.